The molecule has 6 nitrogen and oxygen atoms in total. The second-order valence-corrected chi connectivity index (χ2v) is 5.52. The first-order chi connectivity index (χ1) is 10.2. The van der Waals surface area contributed by atoms with Gasteiger partial charge in [0, 0.05) is 13.1 Å². The molecule has 10 heteroatoms. The van der Waals surface area contributed by atoms with Gasteiger partial charge in [-0.3, -0.25) is 9.36 Å². The number of nitrogens with one attached hydrogen (secondary N) is 1. The molecule has 0 saturated carbocycles. The summed E-state index contributed by atoms with van der Waals surface area (Å²) in [7, 11) is 0. The molecule has 1 fully saturated rings. The Hall–Kier alpha value is -1.84. The van der Waals surface area contributed by atoms with Crippen molar-refractivity contribution in [3.05, 3.63) is 16.2 Å². The molecule has 1 saturated heterocycles. The van der Waals surface area contributed by atoms with Gasteiger partial charge in [0.25, 0.3) is 5.56 Å². The lowest BCUT2D eigenvalue weighted by molar-refractivity contribution is -0.174. The summed E-state index contributed by atoms with van der Waals surface area (Å²) in [6.07, 6.45) is -4.59. The number of rotatable bonds is 1. The highest BCUT2D eigenvalue weighted by Crippen LogP contribution is 2.38. The molecule has 3 rings (SSSR count). The summed E-state index contributed by atoms with van der Waals surface area (Å²) < 4.78 is 59.2. The molecule has 1 atom stereocenters. The number of anilines is 2. The molecule has 0 aliphatic carbocycles. The number of alkyl halides is 3. The first-order valence-corrected chi connectivity index (χ1v) is 6.71. The van der Waals surface area contributed by atoms with Crippen LogP contribution >= 0.6 is 0 Å². The normalized spacial score (nSPS) is 25.0. The van der Waals surface area contributed by atoms with E-state index < -0.39 is 29.6 Å². The molecule has 1 N–H and O–H groups in total. The van der Waals surface area contributed by atoms with Crippen LogP contribution in [0.5, 0.6) is 0 Å². The summed E-state index contributed by atoms with van der Waals surface area (Å²) in [6.45, 7) is 1.53. The molecule has 3 heterocycles. The van der Waals surface area contributed by atoms with Crippen LogP contribution in [-0.4, -0.2) is 47.6 Å². The van der Waals surface area contributed by atoms with Crippen LogP contribution in [0.1, 0.15) is 6.92 Å². The van der Waals surface area contributed by atoms with E-state index in [-0.39, 0.29) is 11.8 Å². The molecule has 2 aliphatic rings. The van der Waals surface area contributed by atoms with Crippen LogP contribution < -0.4 is 15.8 Å². The van der Waals surface area contributed by atoms with E-state index in [0.29, 0.717) is 30.9 Å². The summed E-state index contributed by atoms with van der Waals surface area (Å²) in [6, 6.07) is 0. The van der Waals surface area contributed by atoms with Crippen LogP contribution in [0.2, 0.25) is 0 Å². The predicted octanol–water partition coefficient (Wildman–Crippen LogP) is 0.965. The summed E-state index contributed by atoms with van der Waals surface area (Å²) in [5, 5.41) is 2.20. The monoisotopic (exact) mass is 322 g/mol. The van der Waals surface area contributed by atoms with Crippen LogP contribution in [0.25, 0.3) is 0 Å². The van der Waals surface area contributed by atoms with E-state index in [9.17, 15) is 22.4 Å². The van der Waals surface area contributed by atoms with Gasteiger partial charge in [0.05, 0.1) is 19.8 Å². The maximum absolute atomic E-state index is 14.2. The molecule has 0 aromatic carbocycles. The van der Waals surface area contributed by atoms with Gasteiger partial charge < -0.3 is 15.0 Å². The number of morpholine rings is 1. The van der Waals surface area contributed by atoms with Crippen molar-refractivity contribution in [2.45, 2.75) is 25.2 Å². The van der Waals surface area contributed by atoms with Crippen molar-refractivity contribution in [2.75, 3.05) is 36.5 Å². The van der Waals surface area contributed by atoms with Gasteiger partial charge in [0.15, 0.2) is 11.4 Å². The molecule has 0 spiro atoms. The Kier molecular flexibility index (Phi) is 3.31. The third kappa shape index (κ3) is 2.21. The van der Waals surface area contributed by atoms with E-state index in [0.717, 1.165) is 6.92 Å². The molecule has 22 heavy (non-hydrogen) atoms. The lowest BCUT2D eigenvalue weighted by Gasteiger charge is -2.28. The number of aromatic nitrogens is 2. The van der Waals surface area contributed by atoms with Gasteiger partial charge in [-0.15, -0.1) is 0 Å². The lowest BCUT2D eigenvalue weighted by atomic mass is 10.0. The van der Waals surface area contributed by atoms with Gasteiger partial charge in [-0.1, -0.05) is 0 Å². The Labute approximate surface area is 122 Å². The lowest BCUT2D eigenvalue weighted by Crippen LogP contribution is -2.48. The molecule has 0 amide bonds. The standard InChI is InChI=1S/C12H14F4N4O2/c1-11(12(14,15)16)6-20-9(21)7(13)8(17-10(20)18-11)19-2-4-22-5-3-19/h2-6H2,1H3,(H,17,18)/t11-/m1/s1. The van der Waals surface area contributed by atoms with E-state index >= 15 is 0 Å². The van der Waals surface area contributed by atoms with Crippen molar-refractivity contribution in [3.8, 4) is 0 Å². The van der Waals surface area contributed by atoms with Crippen LogP contribution in [-0.2, 0) is 11.3 Å². The summed E-state index contributed by atoms with van der Waals surface area (Å²) >= 11 is 0. The average molecular weight is 322 g/mol. The quantitative estimate of drug-likeness (QED) is 0.781. The first kappa shape index (κ1) is 15.1. The molecule has 0 bridgehead atoms. The highest BCUT2D eigenvalue weighted by Gasteiger charge is 2.55. The third-order valence-corrected chi connectivity index (χ3v) is 3.90. The van der Waals surface area contributed by atoms with E-state index in [1.807, 2.05) is 0 Å². The molecular weight excluding hydrogens is 308 g/mol. The Bertz CT molecular complexity index is 654. The summed E-state index contributed by atoms with van der Waals surface area (Å²) in [5.74, 6) is -1.65. The van der Waals surface area contributed by atoms with Gasteiger partial charge in [0.1, 0.15) is 0 Å². The van der Waals surface area contributed by atoms with Crippen LogP contribution in [0.15, 0.2) is 4.79 Å². The second kappa shape index (κ2) is 4.83. The van der Waals surface area contributed by atoms with Crippen molar-refractivity contribution < 1.29 is 22.3 Å². The zero-order valence-electron chi connectivity index (χ0n) is 11.7. The van der Waals surface area contributed by atoms with Gasteiger partial charge in [-0.25, -0.2) is 0 Å². The fraction of sp³-hybridized carbons (Fsp3) is 0.667. The van der Waals surface area contributed by atoms with Gasteiger partial charge in [-0.2, -0.15) is 22.5 Å². The minimum absolute atomic E-state index is 0.238. The molecule has 0 unspecified atom stereocenters. The largest absolute Gasteiger partial charge is 0.412 e. The molecule has 122 valence electrons. The number of hydrogen-bond donors (Lipinski definition) is 1. The van der Waals surface area contributed by atoms with Crippen LogP contribution in [0.3, 0.4) is 0 Å². The highest BCUT2D eigenvalue weighted by molar-refractivity contribution is 5.48. The van der Waals surface area contributed by atoms with Crippen molar-refractivity contribution in [2.24, 2.45) is 0 Å². The van der Waals surface area contributed by atoms with Crippen molar-refractivity contribution in [3.63, 3.8) is 0 Å². The van der Waals surface area contributed by atoms with E-state index in [2.05, 4.69) is 10.3 Å². The Morgan fingerprint density at radius 1 is 1.32 bits per heavy atom. The first-order valence-electron chi connectivity index (χ1n) is 6.71. The SMILES string of the molecule is C[C@]1(C(F)(F)F)Cn2c(nc(N3CCOCC3)c(F)c2=O)N1. The smallest absolute Gasteiger partial charge is 0.378 e. The fourth-order valence-electron chi connectivity index (χ4n) is 2.51. The minimum Gasteiger partial charge on any atom is -0.378 e. The Morgan fingerprint density at radius 3 is 2.55 bits per heavy atom. The minimum atomic E-state index is -4.59. The Morgan fingerprint density at radius 2 is 1.95 bits per heavy atom. The average Bonchev–Trinajstić information content (AvgIpc) is 2.82. The number of hydrogen-bond acceptors (Lipinski definition) is 5. The van der Waals surface area contributed by atoms with Gasteiger partial charge in [0.2, 0.25) is 11.8 Å². The van der Waals surface area contributed by atoms with E-state index in [1.165, 1.54) is 4.90 Å². The number of fused-ring (bicyclic) bond motifs is 1. The van der Waals surface area contributed by atoms with Crippen LogP contribution in [0, 0.1) is 5.82 Å². The zero-order valence-corrected chi connectivity index (χ0v) is 11.7. The third-order valence-electron chi connectivity index (χ3n) is 3.90. The van der Waals surface area contributed by atoms with Crippen molar-refractivity contribution in [1.29, 1.82) is 0 Å². The van der Waals surface area contributed by atoms with Crippen molar-refractivity contribution in [1.82, 2.24) is 9.55 Å². The van der Waals surface area contributed by atoms with E-state index in [4.69, 9.17) is 4.74 Å². The molecule has 0 radical (unpaired) electrons. The molecular formula is C12H14F4N4O2. The van der Waals surface area contributed by atoms with Crippen molar-refractivity contribution >= 4 is 11.8 Å². The topological polar surface area (TPSA) is 59.4 Å². The zero-order chi connectivity index (χ0) is 16.1. The molecule has 2 aliphatic heterocycles. The van der Waals surface area contributed by atoms with Gasteiger partial charge in [-0.05, 0) is 6.92 Å². The van der Waals surface area contributed by atoms with Gasteiger partial charge >= 0.3 is 6.18 Å². The maximum Gasteiger partial charge on any atom is 0.412 e. The second-order valence-electron chi connectivity index (χ2n) is 5.52. The summed E-state index contributed by atoms with van der Waals surface area (Å²) in [4.78, 5) is 17.4. The van der Waals surface area contributed by atoms with Crippen LogP contribution in [0.4, 0.5) is 29.3 Å². The Balaban J connectivity index is 2.02. The fourth-order valence-corrected chi connectivity index (χ4v) is 2.51. The highest BCUT2D eigenvalue weighted by atomic mass is 19.4. The number of nitrogens with zero attached hydrogens (tertiary/aromatic N) is 3. The predicted molar refractivity (Wildman–Crippen MR) is 69.6 cm³/mol. The maximum atomic E-state index is 14.2. The molecule has 1 aromatic rings. The summed E-state index contributed by atoms with van der Waals surface area (Å²) in [5.41, 5.74) is -3.45. The van der Waals surface area contributed by atoms with E-state index in [1.54, 1.807) is 0 Å². The molecule has 1 aromatic heterocycles. The number of ether oxygens (including phenoxy) is 1. The number of halogens is 4.